The van der Waals surface area contributed by atoms with Crippen molar-refractivity contribution in [1.82, 2.24) is 10.6 Å². The number of amides is 2. The quantitative estimate of drug-likeness (QED) is 0.863. The molecule has 2 amide bonds. The third-order valence-electron chi connectivity index (χ3n) is 2.15. The molecule has 1 rings (SSSR count). The van der Waals surface area contributed by atoms with Gasteiger partial charge in [0.05, 0.1) is 0 Å². The van der Waals surface area contributed by atoms with Gasteiger partial charge in [-0.05, 0) is 19.4 Å². The Morgan fingerprint density at radius 3 is 2.17 bits per heavy atom. The minimum atomic E-state index is -0.576. The van der Waals surface area contributed by atoms with Crippen LogP contribution in [-0.4, -0.2) is 18.4 Å². The van der Waals surface area contributed by atoms with Gasteiger partial charge in [-0.15, -0.1) is 0 Å². The Morgan fingerprint density at radius 1 is 1.17 bits per heavy atom. The van der Waals surface area contributed by atoms with Crippen LogP contribution in [0.5, 0.6) is 0 Å². The molecule has 0 aromatic heterocycles. The van der Waals surface area contributed by atoms with E-state index in [0.717, 1.165) is 5.56 Å². The Morgan fingerprint density at radius 2 is 1.72 bits per heavy atom. The summed E-state index contributed by atoms with van der Waals surface area (Å²) in [6, 6.07) is 8.28. The molecule has 0 saturated heterocycles. The molecule has 4 heteroatoms. The van der Waals surface area contributed by atoms with Crippen LogP contribution in [0.4, 0.5) is 4.79 Å². The van der Waals surface area contributed by atoms with Gasteiger partial charge in [0.2, 0.25) is 0 Å². The number of rotatable bonds is 4. The van der Waals surface area contributed by atoms with Gasteiger partial charge in [0.1, 0.15) is 6.04 Å². The number of ketones is 1. The maximum atomic E-state index is 11.4. The minimum Gasteiger partial charge on any atom is -0.338 e. The first-order chi connectivity index (χ1) is 8.65. The molecule has 0 fully saturated rings. The number of carbonyl (C=O) groups is 2. The van der Waals surface area contributed by atoms with Gasteiger partial charge in [0.25, 0.3) is 0 Å². The first-order valence-corrected chi connectivity index (χ1v) is 6.25. The van der Waals surface area contributed by atoms with Crippen LogP contribution >= 0.6 is 0 Å². The van der Waals surface area contributed by atoms with Crippen LogP contribution in [0.1, 0.15) is 39.3 Å². The summed E-state index contributed by atoms with van der Waals surface area (Å²) in [6.07, 6.45) is 0. The largest absolute Gasteiger partial charge is 0.338 e. The van der Waals surface area contributed by atoms with Crippen molar-refractivity contribution in [3.05, 3.63) is 35.9 Å². The summed E-state index contributed by atoms with van der Waals surface area (Å²) >= 11 is 0. The number of hydrogen-bond donors (Lipinski definition) is 2. The highest BCUT2D eigenvalue weighted by Gasteiger charge is 2.18. The van der Waals surface area contributed by atoms with Gasteiger partial charge in [0.15, 0.2) is 5.78 Å². The predicted molar refractivity (Wildman–Crippen MR) is 73.4 cm³/mol. The van der Waals surface area contributed by atoms with E-state index in [1.54, 1.807) is 0 Å². The van der Waals surface area contributed by atoms with E-state index in [0.29, 0.717) is 6.54 Å². The fourth-order valence-corrected chi connectivity index (χ4v) is 1.41. The summed E-state index contributed by atoms with van der Waals surface area (Å²) < 4.78 is 0. The number of benzene rings is 1. The van der Waals surface area contributed by atoms with E-state index in [-0.39, 0.29) is 11.8 Å². The summed E-state index contributed by atoms with van der Waals surface area (Å²) in [7, 11) is 0. The molecule has 0 radical (unpaired) electrons. The summed E-state index contributed by atoms with van der Waals surface area (Å²) in [4.78, 5) is 22.8. The molecule has 0 bridgehead atoms. The summed E-state index contributed by atoms with van der Waals surface area (Å²) in [5.41, 5.74) is 0.793. The van der Waals surface area contributed by atoms with Gasteiger partial charge < -0.3 is 10.6 Å². The fourth-order valence-electron chi connectivity index (χ4n) is 1.41. The van der Waals surface area contributed by atoms with E-state index in [1.807, 2.05) is 51.1 Å². The number of hydrogen-bond acceptors (Lipinski definition) is 2. The van der Waals surface area contributed by atoms with Crippen molar-refractivity contribution in [2.45, 2.75) is 33.7 Å². The smallest absolute Gasteiger partial charge is 0.315 e. The molecule has 0 spiro atoms. The zero-order valence-electron chi connectivity index (χ0n) is 11.5. The van der Waals surface area contributed by atoms with E-state index in [2.05, 4.69) is 10.6 Å². The molecule has 0 saturated carbocycles. The number of carbonyl (C=O) groups excluding carboxylic acids is 2. The maximum absolute atomic E-state index is 11.4. The molecule has 2 N–H and O–H groups in total. The highest BCUT2D eigenvalue weighted by atomic mass is 16.2. The normalized spacial score (nSPS) is 10.7. The molecule has 18 heavy (non-hydrogen) atoms. The first kappa shape index (κ1) is 16.2. The first-order valence-electron chi connectivity index (χ1n) is 6.25. The Bertz CT molecular complexity index is 363. The minimum absolute atomic E-state index is 0.0857. The van der Waals surface area contributed by atoms with Crippen LogP contribution in [0, 0.1) is 0 Å². The molecule has 100 valence electrons. The van der Waals surface area contributed by atoms with Crippen LogP contribution in [0.2, 0.25) is 0 Å². The monoisotopic (exact) mass is 250 g/mol. The van der Waals surface area contributed by atoms with Gasteiger partial charge in [-0.25, -0.2) is 4.79 Å². The van der Waals surface area contributed by atoms with Crippen molar-refractivity contribution in [3.63, 3.8) is 0 Å². The lowest BCUT2D eigenvalue weighted by Crippen LogP contribution is -2.40. The number of urea groups is 1. The summed E-state index contributed by atoms with van der Waals surface area (Å²) in [5.74, 6) is -0.0857. The average molecular weight is 250 g/mol. The van der Waals surface area contributed by atoms with Crippen molar-refractivity contribution in [2.24, 2.45) is 0 Å². The van der Waals surface area contributed by atoms with Crippen LogP contribution in [0.25, 0.3) is 0 Å². The molecule has 0 aliphatic heterocycles. The molecule has 4 nitrogen and oxygen atoms in total. The lowest BCUT2D eigenvalue weighted by Gasteiger charge is -2.16. The van der Waals surface area contributed by atoms with E-state index in [4.69, 9.17) is 0 Å². The van der Waals surface area contributed by atoms with Gasteiger partial charge in [0, 0.05) is 6.54 Å². The molecular weight excluding hydrogens is 228 g/mol. The summed E-state index contributed by atoms with van der Waals surface area (Å²) in [5, 5.41) is 5.23. The molecule has 0 aliphatic carbocycles. The SMILES string of the molecule is CC.CCNC(=O)NC(C(C)=O)c1ccccc1. The molecule has 1 atom stereocenters. The standard InChI is InChI=1S/C12H16N2O2.C2H6/c1-3-13-12(16)14-11(9(2)15)10-7-5-4-6-8-10;1-2/h4-8,11H,3H2,1-2H3,(H2,13,14,16);1-2H3. The fraction of sp³-hybridized carbons (Fsp3) is 0.429. The molecule has 1 aromatic rings. The van der Waals surface area contributed by atoms with E-state index in [1.165, 1.54) is 6.92 Å². The molecule has 1 unspecified atom stereocenters. The van der Waals surface area contributed by atoms with Crippen molar-refractivity contribution in [3.8, 4) is 0 Å². The van der Waals surface area contributed by atoms with Crippen molar-refractivity contribution in [1.29, 1.82) is 0 Å². The highest BCUT2D eigenvalue weighted by Crippen LogP contribution is 2.12. The van der Waals surface area contributed by atoms with Gasteiger partial charge in [-0.1, -0.05) is 44.2 Å². The predicted octanol–water partition coefficient (Wildman–Crippen LogP) is 2.66. The van der Waals surface area contributed by atoms with Crippen molar-refractivity contribution >= 4 is 11.8 Å². The Kier molecular flexibility index (Phi) is 8.27. The van der Waals surface area contributed by atoms with Crippen molar-refractivity contribution in [2.75, 3.05) is 6.54 Å². The zero-order valence-corrected chi connectivity index (χ0v) is 11.5. The highest BCUT2D eigenvalue weighted by molar-refractivity contribution is 5.87. The van der Waals surface area contributed by atoms with Gasteiger partial charge in [-0.3, -0.25) is 4.79 Å². The van der Waals surface area contributed by atoms with E-state index in [9.17, 15) is 9.59 Å². The van der Waals surface area contributed by atoms with Crippen LogP contribution in [0.15, 0.2) is 30.3 Å². The third-order valence-corrected chi connectivity index (χ3v) is 2.15. The summed E-state index contributed by atoms with van der Waals surface area (Å²) in [6.45, 7) is 7.82. The maximum Gasteiger partial charge on any atom is 0.315 e. The topological polar surface area (TPSA) is 58.2 Å². The zero-order chi connectivity index (χ0) is 14.0. The second-order valence-electron chi connectivity index (χ2n) is 3.46. The lowest BCUT2D eigenvalue weighted by atomic mass is 10.0. The van der Waals surface area contributed by atoms with Crippen LogP contribution in [-0.2, 0) is 4.79 Å². The second kappa shape index (κ2) is 9.22. The van der Waals surface area contributed by atoms with Crippen LogP contribution < -0.4 is 10.6 Å². The molecule has 0 heterocycles. The van der Waals surface area contributed by atoms with Gasteiger partial charge >= 0.3 is 6.03 Å². The lowest BCUT2D eigenvalue weighted by molar-refractivity contribution is -0.118. The third kappa shape index (κ3) is 5.48. The Hall–Kier alpha value is -1.84. The number of Topliss-reactive ketones (excluding diaryl/α,β-unsaturated/α-hetero) is 1. The average Bonchev–Trinajstić information content (AvgIpc) is 2.39. The van der Waals surface area contributed by atoms with Crippen LogP contribution in [0.3, 0.4) is 0 Å². The molecule has 1 aromatic carbocycles. The van der Waals surface area contributed by atoms with Gasteiger partial charge in [-0.2, -0.15) is 0 Å². The van der Waals surface area contributed by atoms with E-state index >= 15 is 0 Å². The molecule has 0 aliphatic rings. The number of nitrogens with one attached hydrogen (secondary N) is 2. The molecular formula is C14H22N2O2. The second-order valence-corrected chi connectivity index (χ2v) is 3.46. The Balaban J connectivity index is 0.00000137. The van der Waals surface area contributed by atoms with Crippen molar-refractivity contribution < 1.29 is 9.59 Å². The van der Waals surface area contributed by atoms with E-state index < -0.39 is 6.04 Å². The Labute approximate surface area is 109 Å².